The van der Waals surface area contributed by atoms with Gasteiger partial charge in [0.25, 0.3) is 5.91 Å². The van der Waals surface area contributed by atoms with E-state index in [0.29, 0.717) is 23.6 Å². The van der Waals surface area contributed by atoms with E-state index in [1.165, 1.54) is 0 Å². The molecule has 6 nitrogen and oxygen atoms in total. The second-order valence-electron chi connectivity index (χ2n) is 5.46. The van der Waals surface area contributed by atoms with Crippen LogP contribution in [0, 0.1) is 6.92 Å². The third-order valence-electron chi connectivity index (χ3n) is 3.73. The monoisotopic (exact) mass is 325 g/mol. The molecule has 2 N–H and O–H groups in total. The predicted octanol–water partition coefficient (Wildman–Crippen LogP) is 2.82. The summed E-state index contributed by atoms with van der Waals surface area (Å²) in [5, 5.41) is 2.91. The summed E-state index contributed by atoms with van der Waals surface area (Å²) in [4.78, 5) is 19.9. The van der Waals surface area contributed by atoms with Gasteiger partial charge in [-0.25, -0.2) is 4.98 Å². The number of fused-ring (bicyclic) bond motifs is 1. The van der Waals surface area contributed by atoms with Crippen LogP contribution in [0.25, 0.3) is 11.0 Å². The van der Waals surface area contributed by atoms with Crippen LogP contribution in [0.1, 0.15) is 21.7 Å². The van der Waals surface area contributed by atoms with Gasteiger partial charge >= 0.3 is 0 Å². The smallest absolute Gasteiger partial charge is 0.251 e. The number of H-pyrrole nitrogens is 1. The highest BCUT2D eigenvalue weighted by molar-refractivity contribution is 5.95. The molecule has 3 rings (SSSR count). The number of carbonyl (C=O) groups excluding carboxylic acids is 1. The molecule has 2 aromatic carbocycles. The van der Waals surface area contributed by atoms with Gasteiger partial charge in [0.05, 0.1) is 25.3 Å². The van der Waals surface area contributed by atoms with Crippen molar-refractivity contribution < 1.29 is 14.3 Å². The lowest BCUT2D eigenvalue weighted by atomic mass is 10.1. The van der Waals surface area contributed by atoms with Crippen molar-refractivity contribution in [3.8, 4) is 11.5 Å². The number of aromatic nitrogens is 2. The number of amides is 1. The minimum absolute atomic E-state index is 0.187. The van der Waals surface area contributed by atoms with Crippen LogP contribution < -0.4 is 14.8 Å². The molecule has 1 heterocycles. The Balaban J connectivity index is 1.74. The zero-order valence-corrected chi connectivity index (χ0v) is 13.8. The average molecular weight is 325 g/mol. The topological polar surface area (TPSA) is 76.2 Å². The largest absolute Gasteiger partial charge is 0.497 e. The summed E-state index contributed by atoms with van der Waals surface area (Å²) in [6.45, 7) is 2.34. The van der Waals surface area contributed by atoms with Crippen molar-refractivity contribution in [2.45, 2.75) is 13.5 Å². The van der Waals surface area contributed by atoms with Crippen LogP contribution >= 0.6 is 0 Å². The number of nitrogens with one attached hydrogen (secondary N) is 2. The van der Waals surface area contributed by atoms with Gasteiger partial charge < -0.3 is 19.8 Å². The predicted molar refractivity (Wildman–Crippen MR) is 91.5 cm³/mol. The second kappa shape index (κ2) is 6.62. The summed E-state index contributed by atoms with van der Waals surface area (Å²) in [7, 11) is 3.11. The van der Waals surface area contributed by atoms with Gasteiger partial charge in [-0.15, -0.1) is 0 Å². The van der Waals surface area contributed by atoms with E-state index in [2.05, 4.69) is 15.3 Å². The first-order valence-corrected chi connectivity index (χ1v) is 7.55. The molecule has 0 fully saturated rings. The molecule has 24 heavy (non-hydrogen) atoms. The minimum Gasteiger partial charge on any atom is -0.497 e. The first-order chi connectivity index (χ1) is 11.6. The van der Waals surface area contributed by atoms with Gasteiger partial charge in [-0.05, 0) is 36.8 Å². The molecule has 0 saturated carbocycles. The molecule has 0 aliphatic heterocycles. The molecule has 0 aliphatic rings. The molecule has 1 amide bonds. The summed E-state index contributed by atoms with van der Waals surface area (Å²) in [5.41, 5.74) is 3.36. The number of rotatable bonds is 5. The number of imidazole rings is 1. The summed E-state index contributed by atoms with van der Waals surface area (Å²) >= 11 is 0. The second-order valence-corrected chi connectivity index (χ2v) is 5.46. The van der Waals surface area contributed by atoms with Crippen LogP contribution in [0.5, 0.6) is 11.5 Å². The lowest BCUT2D eigenvalue weighted by molar-refractivity contribution is 0.0950. The Bertz CT molecular complexity index is 864. The Labute approximate surface area is 139 Å². The summed E-state index contributed by atoms with van der Waals surface area (Å²) in [6, 6.07) is 11.0. The van der Waals surface area contributed by atoms with Crippen LogP contribution in [0.4, 0.5) is 0 Å². The molecular formula is C18H19N3O3. The SMILES string of the molecule is COc1cc(OC)cc(C(=O)NCc2ccc3nc(C)[nH]c3c2)c1. The Morgan fingerprint density at radius 3 is 2.50 bits per heavy atom. The van der Waals surface area contributed by atoms with Crippen molar-refractivity contribution in [3.63, 3.8) is 0 Å². The van der Waals surface area contributed by atoms with Gasteiger partial charge in [-0.2, -0.15) is 0 Å². The van der Waals surface area contributed by atoms with E-state index < -0.39 is 0 Å². The van der Waals surface area contributed by atoms with Gasteiger partial charge in [0, 0.05) is 18.2 Å². The fourth-order valence-electron chi connectivity index (χ4n) is 2.52. The van der Waals surface area contributed by atoms with Crippen LogP contribution in [0.15, 0.2) is 36.4 Å². The molecule has 0 unspecified atom stereocenters. The minimum atomic E-state index is -0.187. The van der Waals surface area contributed by atoms with Crippen molar-refractivity contribution in [2.75, 3.05) is 14.2 Å². The molecule has 124 valence electrons. The molecule has 3 aromatic rings. The fraction of sp³-hybridized carbons (Fsp3) is 0.222. The van der Waals surface area contributed by atoms with Crippen molar-refractivity contribution in [1.82, 2.24) is 15.3 Å². The standard InChI is InChI=1S/C18H19N3O3/c1-11-20-16-5-4-12(6-17(16)21-11)10-19-18(22)13-7-14(23-2)9-15(8-13)24-3/h4-9H,10H2,1-3H3,(H,19,22)(H,20,21). The number of hydrogen-bond acceptors (Lipinski definition) is 4. The van der Waals surface area contributed by atoms with Gasteiger partial charge in [-0.3, -0.25) is 4.79 Å². The molecule has 0 radical (unpaired) electrons. The van der Waals surface area contributed by atoms with Gasteiger partial charge in [0.2, 0.25) is 0 Å². The van der Waals surface area contributed by atoms with Crippen LogP contribution in [0.2, 0.25) is 0 Å². The van der Waals surface area contributed by atoms with Crippen molar-refractivity contribution in [2.24, 2.45) is 0 Å². The van der Waals surface area contributed by atoms with Gasteiger partial charge in [-0.1, -0.05) is 6.07 Å². The highest BCUT2D eigenvalue weighted by Crippen LogP contribution is 2.22. The summed E-state index contributed by atoms with van der Waals surface area (Å²) < 4.78 is 10.4. The average Bonchev–Trinajstić information content (AvgIpc) is 2.98. The van der Waals surface area contributed by atoms with E-state index in [1.54, 1.807) is 32.4 Å². The lowest BCUT2D eigenvalue weighted by Gasteiger charge is -2.09. The maximum absolute atomic E-state index is 12.4. The first kappa shape index (κ1) is 15.9. The van der Waals surface area contributed by atoms with E-state index in [1.807, 2.05) is 25.1 Å². The van der Waals surface area contributed by atoms with Crippen LogP contribution in [0.3, 0.4) is 0 Å². The molecule has 0 bridgehead atoms. The number of aryl methyl sites for hydroxylation is 1. The van der Waals surface area contributed by atoms with Gasteiger partial charge in [0.1, 0.15) is 17.3 Å². The maximum Gasteiger partial charge on any atom is 0.251 e. The normalized spacial score (nSPS) is 10.6. The fourth-order valence-corrected chi connectivity index (χ4v) is 2.52. The quantitative estimate of drug-likeness (QED) is 0.756. The third kappa shape index (κ3) is 3.32. The van der Waals surface area contributed by atoms with Gasteiger partial charge in [0.15, 0.2) is 0 Å². The Hall–Kier alpha value is -3.02. The Kier molecular flexibility index (Phi) is 4.37. The van der Waals surface area contributed by atoms with Crippen molar-refractivity contribution in [1.29, 1.82) is 0 Å². The maximum atomic E-state index is 12.4. The van der Waals surface area contributed by atoms with Crippen molar-refractivity contribution >= 4 is 16.9 Å². The molecule has 0 atom stereocenters. The number of benzene rings is 2. The van der Waals surface area contributed by atoms with Crippen LogP contribution in [-0.4, -0.2) is 30.1 Å². The van der Waals surface area contributed by atoms with E-state index in [-0.39, 0.29) is 5.91 Å². The highest BCUT2D eigenvalue weighted by atomic mass is 16.5. The number of nitrogens with zero attached hydrogens (tertiary/aromatic N) is 1. The van der Waals surface area contributed by atoms with Crippen molar-refractivity contribution in [3.05, 3.63) is 53.3 Å². The summed E-state index contributed by atoms with van der Waals surface area (Å²) in [5.74, 6) is 1.84. The molecule has 6 heteroatoms. The molecule has 0 spiro atoms. The Morgan fingerprint density at radius 1 is 1.12 bits per heavy atom. The number of carbonyl (C=O) groups is 1. The zero-order chi connectivity index (χ0) is 17.1. The van der Waals surface area contributed by atoms with E-state index in [9.17, 15) is 4.79 Å². The summed E-state index contributed by atoms with van der Waals surface area (Å²) in [6.07, 6.45) is 0. The number of hydrogen-bond donors (Lipinski definition) is 2. The number of ether oxygens (including phenoxy) is 2. The highest BCUT2D eigenvalue weighted by Gasteiger charge is 2.10. The Morgan fingerprint density at radius 2 is 1.83 bits per heavy atom. The first-order valence-electron chi connectivity index (χ1n) is 7.55. The molecule has 1 aromatic heterocycles. The molecule has 0 aliphatic carbocycles. The lowest BCUT2D eigenvalue weighted by Crippen LogP contribution is -2.22. The van der Waals surface area contributed by atoms with E-state index in [0.717, 1.165) is 22.4 Å². The molecular weight excluding hydrogens is 306 g/mol. The van der Waals surface area contributed by atoms with E-state index in [4.69, 9.17) is 9.47 Å². The number of aromatic amines is 1. The number of methoxy groups -OCH3 is 2. The van der Waals surface area contributed by atoms with Crippen LogP contribution in [-0.2, 0) is 6.54 Å². The third-order valence-corrected chi connectivity index (χ3v) is 3.73. The molecule has 0 saturated heterocycles. The van der Waals surface area contributed by atoms with E-state index >= 15 is 0 Å². The zero-order valence-electron chi connectivity index (χ0n) is 13.8.